The van der Waals surface area contributed by atoms with Crippen molar-refractivity contribution >= 4 is 5.84 Å². The lowest BCUT2D eigenvalue weighted by Crippen LogP contribution is -2.43. The Morgan fingerprint density at radius 2 is 1.94 bits per heavy atom. The van der Waals surface area contributed by atoms with Crippen LogP contribution in [0.5, 0.6) is 0 Å². The zero-order valence-corrected chi connectivity index (χ0v) is 11.8. The molecular formula is C13H28N4. The standard InChI is InChI=1S/C13H28N4/c1-13(2,12(14)15)7-10-17(4)11-5-8-16(3)9-6-11/h11H,5-10H2,1-4H3,(H3,14,15). The first kappa shape index (κ1) is 14.5. The summed E-state index contributed by atoms with van der Waals surface area (Å²) in [4.78, 5) is 4.83. The van der Waals surface area contributed by atoms with Crippen molar-refractivity contribution < 1.29 is 0 Å². The predicted octanol–water partition coefficient (Wildman–Crippen LogP) is 1.36. The Balaban J connectivity index is 2.34. The molecular weight excluding hydrogens is 212 g/mol. The van der Waals surface area contributed by atoms with E-state index in [2.05, 4.69) is 37.7 Å². The highest BCUT2D eigenvalue weighted by Crippen LogP contribution is 2.22. The van der Waals surface area contributed by atoms with Crippen LogP contribution >= 0.6 is 0 Å². The zero-order valence-electron chi connectivity index (χ0n) is 11.8. The molecule has 1 aliphatic rings. The Hall–Kier alpha value is -0.610. The third-order valence-corrected chi connectivity index (χ3v) is 4.13. The lowest BCUT2D eigenvalue weighted by atomic mass is 9.87. The molecule has 17 heavy (non-hydrogen) atoms. The van der Waals surface area contributed by atoms with Gasteiger partial charge in [0.1, 0.15) is 0 Å². The summed E-state index contributed by atoms with van der Waals surface area (Å²) < 4.78 is 0. The van der Waals surface area contributed by atoms with Crippen LogP contribution in [0, 0.1) is 10.8 Å². The zero-order chi connectivity index (χ0) is 13.1. The van der Waals surface area contributed by atoms with E-state index in [1.807, 2.05) is 0 Å². The molecule has 0 atom stereocenters. The molecule has 3 N–H and O–H groups in total. The number of hydrogen-bond acceptors (Lipinski definition) is 3. The summed E-state index contributed by atoms with van der Waals surface area (Å²) in [5.41, 5.74) is 5.44. The van der Waals surface area contributed by atoms with Crippen LogP contribution in [-0.4, -0.2) is 55.4 Å². The Morgan fingerprint density at radius 3 is 2.41 bits per heavy atom. The minimum absolute atomic E-state index is 0.167. The third-order valence-electron chi connectivity index (χ3n) is 4.13. The maximum Gasteiger partial charge on any atom is 0.0963 e. The summed E-state index contributed by atoms with van der Waals surface area (Å²) in [5.74, 6) is 0.300. The van der Waals surface area contributed by atoms with Crippen LogP contribution < -0.4 is 5.73 Å². The van der Waals surface area contributed by atoms with Gasteiger partial charge >= 0.3 is 0 Å². The van der Waals surface area contributed by atoms with Crippen LogP contribution in [0.25, 0.3) is 0 Å². The number of nitrogens with two attached hydrogens (primary N) is 1. The predicted molar refractivity (Wildman–Crippen MR) is 73.5 cm³/mol. The second-order valence-electron chi connectivity index (χ2n) is 6.06. The Labute approximate surface area is 106 Å². The normalized spacial score (nSPS) is 19.8. The Kier molecular flexibility index (Phi) is 4.95. The van der Waals surface area contributed by atoms with E-state index in [1.54, 1.807) is 0 Å². The van der Waals surface area contributed by atoms with Gasteiger partial charge in [-0.15, -0.1) is 0 Å². The first-order valence-corrected chi connectivity index (χ1v) is 6.56. The number of nitrogens with one attached hydrogen (secondary N) is 1. The summed E-state index contributed by atoms with van der Waals surface area (Å²) in [6, 6.07) is 0.703. The number of nitrogens with zero attached hydrogens (tertiary/aromatic N) is 2. The molecule has 0 saturated carbocycles. The number of amidine groups is 1. The van der Waals surface area contributed by atoms with E-state index in [4.69, 9.17) is 11.1 Å². The van der Waals surface area contributed by atoms with Gasteiger partial charge in [0.2, 0.25) is 0 Å². The SMILES string of the molecule is CN1CCC(N(C)CCC(C)(C)C(=N)N)CC1. The van der Waals surface area contributed by atoms with Crippen LogP contribution in [0.3, 0.4) is 0 Å². The fourth-order valence-electron chi connectivity index (χ4n) is 2.21. The summed E-state index contributed by atoms with van der Waals surface area (Å²) in [6.07, 6.45) is 3.48. The van der Waals surface area contributed by atoms with Crippen molar-refractivity contribution in [2.75, 3.05) is 33.7 Å². The second-order valence-corrected chi connectivity index (χ2v) is 6.06. The molecule has 0 spiro atoms. The topological polar surface area (TPSA) is 56.4 Å². The van der Waals surface area contributed by atoms with Gasteiger partial charge < -0.3 is 15.5 Å². The van der Waals surface area contributed by atoms with E-state index in [0.717, 1.165) is 13.0 Å². The molecule has 1 heterocycles. The summed E-state index contributed by atoms with van der Waals surface area (Å²) >= 11 is 0. The molecule has 0 amide bonds. The maximum absolute atomic E-state index is 7.56. The van der Waals surface area contributed by atoms with Crippen LogP contribution in [0.1, 0.15) is 33.1 Å². The largest absolute Gasteiger partial charge is 0.387 e. The van der Waals surface area contributed by atoms with Gasteiger partial charge in [-0.3, -0.25) is 5.41 Å². The highest BCUT2D eigenvalue weighted by atomic mass is 15.2. The molecule has 0 aromatic heterocycles. The highest BCUT2D eigenvalue weighted by Gasteiger charge is 2.25. The van der Waals surface area contributed by atoms with Crippen LogP contribution in [0.2, 0.25) is 0 Å². The van der Waals surface area contributed by atoms with E-state index >= 15 is 0 Å². The molecule has 1 rings (SSSR count). The Morgan fingerprint density at radius 1 is 1.41 bits per heavy atom. The first-order valence-electron chi connectivity index (χ1n) is 6.56. The molecule has 0 aromatic carbocycles. The third kappa shape index (κ3) is 4.28. The molecule has 1 aliphatic heterocycles. The second kappa shape index (κ2) is 5.83. The van der Waals surface area contributed by atoms with E-state index in [-0.39, 0.29) is 5.41 Å². The summed E-state index contributed by atoms with van der Waals surface area (Å²) in [5, 5.41) is 7.56. The molecule has 1 saturated heterocycles. The average molecular weight is 240 g/mol. The van der Waals surface area contributed by atoms with Gasteiger partial charge in [0, 0.05) is 11.5 Å². The van der Waals surface area contributed by atoms with Crippen molar-refractivity contribution in [3.63, 3.8) is 0 Å². The lowest BCUT2D eigenvalue weighted by molar-refractivity contribution is 0.136. The number of piperidine rings is 1. The van der Waals surface area contributed by atoms with Crippen molar-refractivity contribution in [1.29, 1.82) is 5.41 Å². The van der Waals surface area contributed by atoms with Gasteiger partial charge in [0.15, 0.2) is 0 Å². The molecule has 4 nitrogen and oxygen atoms in total. The van der Waals surface area contributed by atoms with Gasteiger partial charge in [0.25, 0.3) is 0 Å². The van der Waals surface area contributed by atoms with Crippen molar-refractivity contribution in [1.82, 2.24) is 9.80 Å². The minimum atomic E-state index is -0.167. The van der Waals surface area contributed by atoms with E-state index in [9.17, 15) is 0 Å². The highest BCUT2D eigenvalue weighted by molar-refractivity contribution is 5.82. The van der Waals surface area contributed by atoms with Crippen LogP contribution in [0.15, 0.2) is 0 Å². The molecule has 0 aliphatic carbocycles. The smallest absolute Gasteiger partial charge is 0.0963 e. The van der Waals surface area contributed by atoms with Crippen molar-refractivity contribution in [2.24, 2.45) is 11.1 Å². The van der Waals surface area contributed by atoms with Crippen molar-refractivity contribution in [3.8, 4) is 0 Å². The molecule has 0 bridgehead atoms. The monoisotopic (exact) mass is 240 g/mol. The lowest BCUT2D eigenvalue weighted by Gasteiger charge is -2.36. The van der Waals surface area contributed by atoms with Crippen LogP contribution in [-0.2, 0) is 0 Å². The van der Waals surface area contributed by atoms with Crippen molar-refractivity contribution in [3.05, 3.63) is 0 Å². The van der Waals surface area contributed by atoms with E-state index in [1.165, 1.54) is 25.9 Å². The van der Waals surface area contributed by atoms with Crippen LogP contribution in [0.4, 0.5) is 0 Å². The average Bonchev–Trinajstić information content (AvgIpc) is 2.27. The van der Waals surface area contributed by atoms with Gasteiger partial charge in [-0.05, 0) is 53.0 Å². The first-order chi connectivity index (χ1) is 7.83. The molecule has 1 fully saturated rings. The van der Waals surface area contributed by atoms with Gasteiger partial charge in [-0.1, -0.05) is 13.8 Å². The number of likely N-dealkylation sites (tertiary alicyclic amines) is 1. The minimum Gasteiger partial charge on any atom is -0.387 e. The van der Waals surface area contributed by atoms with Crippen molar-refractivity contribution in [2.45, 2.75) is 39.2 Å². The molecule has 0 radical (unpaired) electrons. The van der Waals surface area contributed by atoms with E-state index in [0.29, 0.717) is 11.9 Å². The molecule has 0 aromatic rings. The van der Waals surface area contributed by atoms with Gasteiger partial charge in [-0.25, -0.2) is 0 Å². The number of hydrogen-bond donors (Lipinski definition) is 2. The summed E-state index contributed by atoms with van der Waals surface area (Å²) in [6.45, 7) is 7.53. The summed E-state index contributed by atoms with van der Waals surface area (Å²) in [7, 11) is 4.39. The van der Waals surface area contributed by atoms with E-state index < -0.39 is 0 Å². The van der Waals surface area contributed by atoms with Gasteiger partial charge in [0.05, 0.1) is 5.84 Å². The maximum atomic E-state index is 7.56. The fraction of sp³-hybridized carbons (Fsp3) is 0.923. The molecule has 100 valence electrons. The molecule has 4 heteroatoms. The Bertz CT molecular complexity index is 254. The molecule has 0 unspecified atom stereocenters. The van der Waals surface area contributed by atoms with Gasteiger partial charge in [-0.2, -0.15) is 0 Å². The quantitative estimate of drug-likeness (QED) is 0.563. The number of rotatable bonds is 5. The fourth-order valence-corrected chi connectivity index (χ4v) is 2.21.